The first-order valence-corrected chi connectivity index (χ1v) is 5.76. The summed E-state index contributed by atoms with van der Waals surface area (Å²) in [5.74, 6) is -0.175. The molecule has 0 N–H and O–H groups in total. The number of ketones is 1. The number of aromatic nitrogens is 1. The Bertz CT molecular complexity index is 421. The van der Waals surface area contributed by atoms with Gasteiger partial charge in [-0.25, -0.2) is 0 Å². The summed E-state index contributed by atoms with van der Waals surface area (Å²) in [4.78, 5) is 15.4. The second-order valence-corrected chi connectivity index (χ2v) is 4.89. The Hall–Kier alpha value is -1.39. The Balaban J connectivity index is 2.96. The van der Waals surface area contributed by atoms with Crippen LogP contribution in [0.5, 0.6) is 0 Å². The van der Waals surface area contributed by atoms with Crippen molar-refractivity contribution in [2.75, 3.05) is 0 Å². The predicted molar refractivity (Wildman–Crippen MR) is 62.3 cm³/mol. The monoisotopic (exact) mass is 259 g/mol. The third kappa shape index (κ3) is 3.31. The van der Waals surface area contributed by atoms with Crippen LogP contribution in [0.1, 0.15) is 49.7 Å². The van der Waals surface area contributed by atoms with Crippen LogP contribution in [-0.2, 0) is 6.18 Å². The van der Waals surface area contributed by atoms with Gasteiger partial charge in [0.15, 0.2) is 5.78 Å². The molecule has 1 heterocycles. The van der Waals surface area contributed by atoms with Gasteiger partial charge in [0.2, 0.25) is 0 Å². The largest absolute Gasteiger partial charge is 0.433 e. The second kappa shape index (κ2) is 5.08. The van der Waals surface area contributed by atoms with E-state index in [1.807, 2.05) is 6.92 Å². The van der Waals surface area contributed by atoms with Crippen molar-refractivity contribution in [1.29, 1.82) is 0 Å². The standard InChI is InChI=1S/C13H16F3NO/c1-4-7-12(2,3)11(18)9-5-6-10(17-8-9)13(14,15)16/h5-6,8H,4,7H2,1-3H3. The number of hydrogen-bond donors (Lipinski definition) is 0. The Morgan fingerprint density at radius 3 is 2.28 bits per heavy atom. The van der Waals surface area contributed by atoms with Crippen molar-refractivity contribution in [1.82, 2.24) is 4.98 Å². The van der Waals surface area contributed by atoms with Crippen LogP contribution in [0.25, 0.3) is 0 Å². The minimum absolute atomic E-state index is 0.175. The lowest BCUT2D eigenvalue weighted by molar-refractivity contribution is -0.141. The van der Waals surface area contributed by atoms with Crippen LogP contribution < -0.4 is 0 Å². The van der Waals surface area contributed by atoms with Crippen molar-refractivity contribution in [3.63, 3.8) is 0 Å². The lowest BCUT2D eigenvalue weighted by Crippen LogP contribution is -2.24. The molecule has 0 saturated heterocycles. The summed E-state index contributed by atoms with van der Waals surface area (Å²) in [5, 5.41) is 0. The van der Waals surface area contributed by atoms with E-state index in [9.17, 15) is 18.0 Å². The molecule has 0 bridgehead atoms. The predicted octanol–water partition coefficient (Wildman–Crippen LogP) is 4.11. The molecule has 1 rings (SSSR count). The molecule has 100 valence electrons. The van der Waals surface area contributed by atoms with E-state index >= 15 is 0 Å². The molecule has 0 aliphatic heterocycles. The van der Waals surface area contributed by atoms with E-state index < -0.39 is 17.3 Å². The van der Waals surface area contributed by atoms with Crippen LogP contribution in [0.15, 0.2) is 18.3 Å². The maximum Gasteiger partial charge on any atom is 0.433 e. The van der Waals surface area contributed by atoms with Crippen LogP contribution in [0, 0.1) is 5.41 Å². The minimum atomic E-state index is -4.47. The van der Waals surface area contributed by atoms with Crippen molar-refractivity contribution >= 4 is 5.78 Å². The van der Waals surface area contributed by atoms with Gasteiger partial charge in [0, 0.05) is 17.2 Å². The maximum atomic E-state index is 12.3. The summed E-state index contributed by atoms with van der Waals surface area (Å²) >= 11 is 0. The molecule has 0 atom stereocenters. The number of rotatable bonds is 4. The highest BCUT2D eigenvalue weighted by Crippen LogP contribution is 2.30. The van der Waals surface area contributed by atoms with Gasteiger partial charge in [-0.1, -0.05) is 27.2 Å². The second-order valence-electron chi connectivity index (χ2n) is 4.89. The van der Waals surface area contributed by atoms with Gasteiger partial charge in [-0.2, -0.15) is 13.2 Å². The van der Waals surface area contributed by atoms with Crippen molar-refractivity contribution in [3.05, 3.63) is 29.6 Å². The number of alkyl halides is 3. The SMILES string of the molecule is CCCC(C)(C)C(=O)c1ccc(C(F)(F)F)nc1. The molecule has 0 spiro atoms. The van der Waals surface area contributed by atoms with Gasteiger partial charge >= 0.3 is 6.18 Å². The van der Waals surface area contributed by atoms with Crippen LogP contribution in [-0.4, -0.2) is 10.8 Å². The van der Waals surface area contributed by atoms with Gasteiger partial charge in [0.25, 0.3) is 0 Å². The summed E-state index contributed by atoms with van der Waals surface area (Å²) in [7, 11) is 0. The highest BCUT2D eigenvalue weighted by molar-refractivity contribution is 5.99. The minimum Gasteiger partial charge on any atom is -0.294 e. The molecule has 0 amide bonds. The first-order valence-electron chi connectivity index (χ1n) is 5.76. The molecule has 0 saturated carbocycles. The zero-order valence-electron chi connectivity index (χ0n) is 10.6. The molecule has 2 nitrogen and oxygen atoms in total. The third-order valence-corrected chi connectivity index (χ3v) is 2.81. The van der Waals surface area contributed by atoms with Crippen LogP contribution >= 0.6 is 0 Å². The van der Waals surface area contributed by atoms with Gasteiger partial charge in [-0.15, -0.1) is 0 Å². The normalized spacial score (nSPS) is 12.6. The fraction of sp³-hybridized carbons (Fsp3) is 0.538. The Kier molecular flexibility index (Phi) is 4.14. The van der Waals surface area contributed by atoms with Crippen LogP contribution in [0.3, 0.4) is 0 Å². The van der Waals surface area contributed by atoms with E-state index in [-0.39, 0.29) is 11.3 Å². The fourth-order valence-electron chi connectivity index (χ4n) is 1.83. The van der Waals surface area contributed by atoms with E-state index in [2.05, 4.69) is 4.98 Å². The van der Waals surface area contributed by atoms with Gasteiger partial charge in [-0.05, 0) is 18.6 Å². The number of Topliss-reactive ketones (excluding diaryl/α,β-unsaturated/α-hetero) is 1. The number of hydrogen-bond acceptors (Lipinski definition) is 2. The summed E-state index contributed by atoms with van der Waals surface area (Å²) in [6, 6.07) is 2.03. The van der Waals surface area contributed by atoms with E-state index in [4.69, 9.17) is 0 Å². The molecule has 1 aromatic heterocycles. The van der Waals surface area contributed by atoms with Gasteiger partial charge in [-0.3, -0.25) is 9.78 Å². The first-order chi connectivity index (χ1) is 8.18. The van der Waals surface area contributed by atoms with Crippen molar-refractivity contribution in [2.24, 2.45) is 5.41 Å². The van der Waals surface area contributed by atoms with Crippen LogP contribution in [0.2, 0.25) is 0 Å². The number of carbonyl (C=O) groups excluding carboxylic acids is 1. The Morgan fingerprint density at radius 1 is 1.28 bits per heavy atom. The molecule has 5 heteroatoms. The van der Waals surface area contributed by atoms with E-state index in [0.29, 0.717) is 6.42 Å². The van der Waals surface area contributed by atoms with Crippen molar-refractivity contribution in [3.8, 4) is 0 Å². The van der Waals surface area contributed by atoms with Crippen molar-refractivity contribution in [2.45, 2.75) is 39.8 Å². The molecule has 0 unspecified atom stereocenters. The molecule has 0 aliphatic carbocycles. The number of pyridine rings is 1. The zero-order valence-corrected chi connectivity index (χ0v) is 10.6. The number of halogens is 3. The Morgan fingerprint density at radius 2 is 1.89 bits per heavy atom. The molecular weight excluding hydrogens is 243 g/mol. The lowest BCUT2D eigenvalue weighted by atomic mass is 9.81. The summed E-state index contributed by atoms with van der Waals surface area (Å²) in [6.07, 6.45) is -1.94. The smallest absolute Gasteiger partial charge is 0.294 e. The summed E-state index contributed by atoms with van der Waals surface area (Å²) in [6.45, 7) is 5.53. The quantitative estimate of drug-likeness (QED) is 0.762. The van der Waals surface area contributed by atoms with E-state index in [1.165, 1.54) is 6.07 Å². The third-order valence-electron chi connectivity index (χ3n) is 2.81. The van der Waals surface area contributed by atoms with E-state index in [0.717, 1.165) is 18.7 Å². The molecule has 0 aliphatic rings. The number of carbonyl (C=O) groups is 1. The molecule has 1 aromatic rings. The molecular formula is C13H16F3NO. The average molecular weight is 259 g/mol. The first kappa shape index (κ1) is 14.7. The molecule has 0 fully saturated rings. The van der Waals surface area contributed by atoms with Gasteiger partial charge < -0.3 is 0 Å². The summed E-state index contributed by atoms with van der Waals surface area (Å²) in [5.41, 5.74) is -1.33. The molecule has 0 aromatic carbocycles. The molecule has 18 heavy (non-hydrogen) atoms. The van der Waals surface area contributed by atoms with Gasteiger partial charge in [0.05, 0.1) is 0 Å². The van der Waals surface area contributed by atoms with Gasteiger partial charge in [0.1, 0.15) is 5.69 Å². The highest BCUT2D eigenvalue weighted by Gasteiger charge is 2.33. The van der Waals surface area contributed by atoms with Crippen molar-refractivity contribution < 1.29 is 18.0 Å². The topological polar surface area (TPSA) is 30.0 Å². The maximum absolute atomic E-state index is 12.3. The zero-order chi connectivity index (χ0) is 14.0. The number of nitrogens with zero attached hydrogens (tertiary/aromatic N) is 1. The van der Waals surface area contributed by atoms with E-state index in [1.54, 1.807) is 13.8 Å². The molecule has 0 radical (unpaired) electrons. The van der Waals surface area contributed by atoms with Crippen LogP contribution in [0.4, 0.5) is 13.2 Å². The fourth-order valence-corrected chi connectivity index (χ4v) is 1.83. The Labute approximate surface area is 104 Å². The summed E-state index contributed by atoms with van der Waals surface area (Å²) < 4.78 is 37.0. The lowest BCUT2D eigenvalue weighted by Gasteiger charge is -2.22. The average Bonchev–Trinajstić information content (AvgIpc) is 2.27. The highest BCUT2D eigenvalue weighted by atomic mass is 19.4.